The third kappa shape index (κ3) is 22.2. The summed E-state index contributed by atoms with van der Waals surface area (Å²) in [5.74, 6) is -0.199. The van der Waals surface area contributed by atoms with Crippen LogP contribution in [0.4, 0.5) is 0 Å². The summed E-state index contributed by atoms with van der Waals surface area (Å²) in [5.41, 5.74) is 1.94. The molecule has 0 aromatic carbocycles. The molecule has 0 saturated carbocycles. The minimum atomic E-state index is -2.46. The van der Waals surface area contributed by atoms with E-state index in [2.05, 4.69) is 39.3 Å². The van der Waals surface area contributed by atoms with Gasteiger partial charge in [-0.1, -0.05) is 25.0 Å². The zero-order valence-electron chi connectivity index (χ0n) is 24.6. The first-order chi connectivity index (χ1) is 17.5. The van der Waals surface area contributed by atoms with Crippen molar-refractivity contribution in [3.05, 3.63) is 12.3 Å². The van der Waals surface area contributed by atoms with E-state index in [1.54, 1.807) is 7.11 Å². The first-order valence-electron chi connectivity index (χ1n) is 13.9. The average Bonchev–Trinajstić information content (AvgIpc) is 2.82. The van der Waals surface area contributed by atoms with Crippen LogP contribution in [0.2, 0.25) is 44.8 Å². The maximum atomic E-state index is 11.6. The zero-order chi connectivity index (χ0) is 28.0. The molecule has 37 heavy (non-hydrogen) atoms. The van der Waals surface area contributed by atoms with Gasteiger partial charge in [0.25, 0.3) is 0 Å². The number of unbranched alkanes of at least 4 members (excludes halogenated alkanes) is 4. The molecular formula is C26H56O8Si3. The average molecular weight is 581 g/mol. The number of methoxy groups -OCH3 is 1. The molecule has 0 fully saturated rings. The molecule has 1 atom stereocenters. The summed E-state index contributed by atoms with van der Waals surface area (Å²) < 4.78 is 34.8. The Bertz CT molecular complexity index is 592. The Morgan fingerprint density at radius 3 is 1.89 bits per heavy atom. The van der Waals surface area contributed by atoms with Crippen LogP contribution in [0.15, 0.2) is 12.3 Å². The highest BCUT2D eigenvalue weighted by molar-refractivity contribution is 6.90. The lowest BCUT2D eigenvalue weighted by Gasteiger charge is -2.39. The van der Waals surface area contributed by atoms with Crippen molar-refractivity contribution >= 4 is 31.2 Å². The van der Waals surface area contributed by atoms with Crippen molar-refractivity contribution in [3.8, 4) is 0 Å². The maximum Gasteiger partial charge on any atom is 0.340 e. The molecule has 0 bridgehead atoms. The molecule has 0 saturated heterocycles. The molecule has 0 heterocycles. The maximum absolute atomic E-state index is 11.6. The van der Waals surface area contributed by atoms with Gasteiger partial charge in [0, 0.05) is 33.4 Å². The first kappa shape index (κ1) is 36.6. The fraction of sp³-hybridized carbons (Fsp3) is 0.885. The van der Waals surface area contributed by atoms with Crippen molar-refractivity contribution in [2.24, 2.45) is 0 Å². The van der Waals surface area contributed by atoms with Gasteiger partial charge in [-0.3, -0.25) is 4.79 Å². The van der Waals surface area contributed by atoms with Gasteiger partial charge in [-0.2, -0.15) is 0 Å². The molecule has 220 valence electrons. The van der Waals surface area contributed by atoms with Gasteiger partial charge in [0.2, 0.25) is 0 Å². The van der Waals surface area contributed by atoms with Crippen molar-refractivity contribution in [3.63, 3.8) is 0 Å². The van der Waals surface area contributed by atoms with Gasteiger partial charge in [-0.25, -0.2) is 0 Å². The largest absolute Gasteiger partial charge is 0.463 e. The lowest BCUT2D eigenvalue weighted by atomic mass is 10.2. The summed E-state index contributed by atoms with van der Waals surface area (Å²) in [7, 11) is -4.59. The highest BCUT2D eigenvalue weighted by Gasteiger charge is 2.40. The molecule has 1 unspecified atom stereocenters. The summed E-state index contributed by atoms with van der Waals surface area (Å²) in [6.07, 6.45) is 6.98. The normalized spacial score (nSPS) is 13.9. The molecule has 11 heteroatoms. The molecule has 0 spiro atoms. The Balaban J connectivity index is 4.17. The fourth-order valence-corrected chi connectivity index (χ4v) is 16.9. The van der Waals surface area contributed by atoms with Crippen LogP contribution < -0.4 is 0 Å². The number of carbonyl (C=O) groups excluding carboxylic acids is 1. The van der Waals surface area contributed by atoms with E-state index in [4.69, 9.17) is 32.3 Å². The molecule has 1 N–H and O–H groups in total. The van der Waals surface area contributed by atoms with E-state index in [1.807, 2.05) is 5.70 Å². The lowest BCUT2D eigenvalue weighted by molar-refractivity contribution is -0.145. The van der Waals surface area contributed by atoms with E-state index in [0.717, 1.165) is 63.6 Å². The van der Waals surface area contributed by atoms with E-state index in [1.165, 1.54) is 0 Å². The number of hydrogen-bond acceptors (Lipinski definition) is 8. The summed E-state index contributed by atoms with van der Waals surface area (Å²) in [6, 6.07) is 2.08. The van der Waals surface area contributed by atoms with Gasteiger partial charge < -0.3 is 32.3 Å². The second kappa shape index (κ2) is 21.4. The number of carbonyl (C=O) groups is 1. The van der Waals surface area contributed by atoms with Gasteiger partial charge in [0.05, 0.1) is 19.8 Å². The first-order valence-corrected chi connectivity index (χ1v) is 22.6. The SMILES string of the molecule is C=C[Si](C)(O[Si](C)(C)CCCCCOCCOC)O[Si](C)(C)CCCOCCOC(=O)CCCCCO. The second-order valence-electron chi connectivity index (χ2n) is 10.8. The molecule has 0 radical (unpaired) electrons. The van der Waals surface area contributed by atoms with Crippen LogP contribution in [0.3, 0.4) is 0 Å². The third-order valence-electron chi connectivity index (χ3n) is 5.93. The van der Waals surface area contributed by atoms with Crippen LogP contribution >= 0.6 is 0 Å². The minimum absolute atomic E-state index is 0.169. The van der Waals surface area contributed by atoms with Gasteiger partial charge in [0.15, 0.2) is 16.6 Å². The Kier molecular flexibility index (Phi) is 21.2. The van der Waals surface area contributed by atoms with Crippen molar-refractivity contribution in [2.75, 3.05) is 53.4 Å². The van der Waals surface area contributed by atoms with E-state index >= 15 is 0 Å². The number of esters is 1. The predicted molar refractivity (Wildman–Crippen MR) is 157 cm³/mol. The molecule has 0 rings (SSSR count). The Morgan fingerprint density at radius 2 is 1.30 bits per heavy atom. The Hall–Kier alpha value is -0.379. The molecule has 0 aromatic heterocycles. The summed E-state index contributed by atoms with van der Waals surface area (Å²) in [5, 5.41) is 8.76. The summed E-state index contributed by atoms with van der Waals surface area (Å²) in [6.45, 7) is 18.8. The lowest BCUT2D eigenvalue weighted by Crippen LogP contribution is -2.53. The minimum Gasteiger partial charge on any atom is -0.463 e. The molecule has 0 aliphatic rings. The van der Waals surface area contributed by atoms with Gasteiger partial charge in [0.1, 0.15) is 6.61 Å². The number of ether oxygens (including phenoxy) is 4. The van der Waals surface area contributed by atoms with E-state index in [9.17, 15) is 4.79 Å². The summed E-state index contributed by atoms with van der Waals surface area (Å²) >= 11 is 0. The van der Waals surface area contributed by atoms with Crippen LogP contribution in [-0.2, 0) is 32.0 Å². The van der Waals surface area contributed by atoms with Crippen LogP contribution in [0.5, 0.6) is 0 Å². The fourth-order valence-electron chi connectivity index (χ4n) is 4.03. The monoisotopic (exact) mass is 580 g/mol. The highest BCUT2D eigenvalue weighted by Crippen LogP contribution is 2.27. The van der Waals surface area contributed by atoms with E-state index in [-0.39, 0.29) is 19.2 Å². The van der Waals surface area contributed by atoms with Crippen molar-refractivity contribution in [1.82, 2.24) is 0 Å². The molecule has 8 nitrogen and oxygen atoms in total. The predicted octanol–water partition coefficient (Wildman–Crippen LogP) is 5.56. The second-order valence-corrected chi connectivity index (χ2v) is 22.9. The number of aliphatic hydroxyl groups excluding tert-OH is 1. The van der Waals surface area contributed by atoms with Gasteiger partial charge in [-0.05, 0) is 70.5 Å². The van der Waals surface area contributed by atoms with Crippen LogP contribution in [-0.4, -0.2) is 89.6 Å². The van der Waals surface area contributed by atoms with Crippen LogP contribution in [0.1, 0.15) is 51.4 Å². The van der Waals surface area contributed by atoms with Gasteiger partial charge in [-0.15, -0.1) is 6.58 Å². The molecule has 0 aliphatic carbocycles. The van der Waals surface area contributed by atoms with Crippen molar-refractivity contribution in [2.45, 2.75) is 96.2 Å². The topological polar surface area (TPSA) is 92.7 Å². The van der Waals surface area contributed by atoms with E-state index < -0.39 is 25.2 Å². The zero-order valence-corrected chi connectivity index (χ0v) is 27.6. The quantitative estimate of drug-likeness (QED) is 0.0807. The molecule has 0 aliphatic heterocycles. The molecular weight excluding hydrogens is 525 g/mol. The Labute approximate surface area is 229 Å². The standard InChI is InChI=1S/C26H56O8Si3/c1-8-37(7,33-35(3,4)24-14-10-13-18-30-21-20-29-2)34-36(5,6)25-15-19-31-22-23-32-26(28)16-11-9-12-17-27/h8,27H,1,9-25H2,2-7H3. The highest BCUT2D eigenvalue weighted by atomic mass is 28.5. The summed E-state index contributed by atoms with van der Waals surface area (Å²) in [4.78, 5) is 11.6. The van der Waals surface area contributed by atoms with Crippen molar-refractivity contribution < 1.29 is 37.1 Å². The third-order valence-corrected chi connectivity index (χ3v) is 17.4. The molecule has 0 amide bonds. The smallest absolute Gasteiger partial charge is 0.340 e. The van der Waals surface area contributed by atoms with Crippen molar-refractivity contribution in [1.29, 1.82) is 0 Å². The number of hydrogen-bond donors (Lipinski definition) is 1. The molecule has 0 aromatic rings. The van der Waals surface area contributed by atoms with Gasteiger partial charge >= 0.3 is 14.5 Å². The number of rotatable bonds is 26. The van der Waals surface area contributed by atoms with E-state index in [0.29, 0.717) is 32.8 Å². The van der Waals surface area contributed by atoms with Crippen LogP contribution in [0.25, 0.3) is 0 Å². The number of aliphatic hydroxyl groups is 1. The van der Waals surface area contributed by atoms with Crippen LogP contribution in [0, 0.1) is 0 Å². The Morgan fingerprint density at radius 1 is 0.730 bits per heavy atom.